The summed E-state index contributed by atoms with van der Waals surface area (Å²) in [5.74, 6) is -0.269. The number of rotatable bonds is 2. The van der Waals surface area contributed by atoms with Crippen LogP contribution in [-0.4, -0.2) is 11.1 Å². The Morgan fingerprint density at radius 2 is 1.77 bits per heavy atom. The highest BCUT2D eigenvalue weighted by Gasteiger charge is 2.23. The SMILES string of the molecule is O=C1NC(=Nc2ccc([O-])cc2)S/C1=C/c1ccc(Cl)cc1. The molecular formula is C16H10ClN2O2S-. The first-order valence-corrected chi connectivity index (χ1v) is 7.62. The van der Waals surface area contributed by atoms with Crippen molar-refractivity contribution in [1.29, 1.82) is 0 Å². The van der Waals surface area contributed by atoms with Gasteiger partial charge in [-0.05, 0) is 47.7 Å². The average Bonchev–Trinajstić information content (AvgIpc) is 2.84. The number of nitrogens with one attached hydrogen (secondary N) is 1. The Kier molecular flexibility index (Phi) is 4.18. The Labute approximate surface area is 136 Å². The molecule has 1 heterocycles. The Morgan fingerprint density at radius 3 is 2.45 bits per heavy atom. The summed E-state index contributed by atoms with van der Waals surface area (Å²) in [7, 11) is 0. The second-order valence-electron chi connectivity index (χ2n) is 4.53. The average molecular weight is 330 g/mol. The van der Waals surface area contributed by atoms with E-state index >= 15 is 0 Å². The van der Waals surface area contributed by atoms with Crippen LogP contribution in [0, 0.1) is 0 Å². The fraction of sp³-hybridized carbons (Fsp3) is 0. The van der Waals surface area contributed by atoms with Crippen LogP contribution in [0.3, 0.4) is 0 Å². The van der Waals surface area contributed by atoms with Crippen LogP contribution in [0.1, 0.15) is 5.56 Å². The van der Waals surface area contributed by atoms with Gasteiger partial charge in [0, 0.05) is 5.02 Å². The smallest absolute Gasteiger partial charge is 0.264 e. The Balaban J connectivity index is 1.80. The molecule has 0 saturated carbocycles. The second kappa shape index (κ2) is 6.25. The molecule has 0 radical (unpaired) electrons. The molecule has 0 unspecified atom stereocenters. The quantitative estimate of drug-likeness (QED) is 0.860. The van der Waals surface area contributed by atoms with Crippen molar-refractivity contribution >= 4 is 46.2 Å². The van der Waals surface area contributed by atoms with E-state index in [1.165, 1.54) is 23.9 Å². The zero-order valence-electron chi connectivity index (χ0n) is 11.2. The largest absolute Gasteiger partial charge is 0.872 e. The number of amides is 1. The third-order valence-corrected chi connectivity index (χ3v) is 4.05. The lowest BCUT2D eigenvalue weighted by Gasteiger charge is -2.03. The minimum absolute atomic E-state index is 0.0737. The van der Waals surface area contributed by atoms with Crippen LogP contribution in [0.4, 0.5) is 5.69 Å². The fourth-order valence-electron chi connectivity index (χ4n) is 1.83. The number of carbonyl (C=O) groups excluding carboxylic acids is 1. The van der Waals surface area contributed by atoms with Gasteiger partial charge in [-0.25, -0.2) is 4.99 Å². The van der Waals surface area contributed by atoms with Crippen LogP contribution in [0.25, 0.3) is 6.08 Å². The Bertz CT molecular complexity index is 768. The third-order valence-electron chi connectivity index (χ3n) is 2.89. The number of benzene rings is 2. The highest BCUT2D eigenvalue weighted by molar-refractivity contribution is 8.18. The summed E-state index contributed by atoms with van der Waals surface area (Å²) < 4.78 is 0. The van der Waals surface area contributed by atoms with E-state index in [2.05, 4.69) is 10.3 Å². The first-order valence-electron chi connectivity index (χ1n) is 6.42. The van der Waals surface area contributed by atoms with Crippen LogP contribution in [0.15, 0.2) is 58.4 Å². The van der Waals surface area contributed by atoms with Crippen molar-refractivity contribution in [2.45, 2.75) is 0 Å². The van der Waals surface area contributed by atoms with Gasteiger partial charge in [0.15, 0.2) is 5.17 Å². The minimum atomic E-state index is -0.195. The number of hydrogen-bond donors (Lipinski definition) is 1. The second-order valence-corrected chi connectivity index (χ2v) is 5.99. The first-order chi connectivity index (χ1) is 10.6. The van der Waals surface area contributed by atoms with Gasteiger partial charge < -0.3 is 10.4 Å². The van der Waals surface area contributed by atoms with Gasteiger partial charge in [0.2, 0.25) is 0 Å². The van der Waals surface area contributed by atoms with E-state index in [0.29, 0.717) is 20.8 Å². The molecule has 0 spiro atoms. The van der Waals surface area contributed by atoms with Crippen molar-refractivity contribution in [3.05, 3.63) is 64.0 Å². The molecule has 1 amide bonds. The van der Waals surface area contributed by atoms with Crippen molar-refractivity contribution in [3.63, 3.8) is 0 Å². The molecule has 0 aliphatic carbocycles. The van der Waals surface area contributed by atoms with Gasteiger partial charge in [-0.1, -0.05) is 35.9 Å². The number of amidine groups is 1. The minimum Gasteiger partial charge on any atom is -0.872 e. The lowest BCUT2D eigenvalue weighted by Crippen LogP contribution is -2.19. The van der Waals surface area contributed by atoms with Crippen LogP contribution in [0.2, 0.25) is 5.02 Å². The predicted molar refractivity (Wildman–Crippen MR) is 88.1 cm³/mol. The molecule has 110 valence electrons. The van der Waals surface area contributed by atoms with Gasteiger partial charge in [-0.3, -0.25) is 4.79 Å². The predicted octanol–water partition coefficient (Wildman–Crippen LogP) is 3.31. The molecule has 1 aliphatic rings. The molecule has 1 saturated heterocycles. The van der Waals surface area contributed by atoms with Gasteiger partial charge in [0.25, 0.3) is 5.91 Å². The highest BCUT2D eigenvalue weighted by atomic mass is 35.5. The fourth-order valence-corrected chi connectivity index (χ4v) is 2.80. The van der Waals surface area contributed by atoms with E-state index in [-0.39, 0.29) is 11.7 Å². The molecule has 1 aliphatic heterocycles. The van der Waals surface area contributed by atoms with E-state index in [1.807, 2.05) is 12.1 Å². The Morgan fingerprint density at radius 1 is 1.09 bits per heavy atom. The lowest BCUT2D eigenvalue weighted by molar-refractivity contribution is -0.268. The normalized spacial score (nSPS) is 18.0. The van der Waals surface area contributed by atoms with Crippen molar-refractivity contribution in [3.8, 4) is 5.75 Å². The molecule has 0 bridgehead atoms. The standard InChI is InChI=1S/C16H11ClN2O2S/c17-11-3-1-10(2-4-11)9-14-15(21)19-16(22-14)18-12-5-7-13(20)8-6-12/h1-9,20H,(H,18,19,21)/p-1/b14-9+. The first kappa shape index (κ1) is 14.7. The molecule has 2 aromatic rings. The number of carbonyl (C=O) groups is 1. The zero-order chi connectivity index (χ0) is 15.5. The van der Waals surface area contributed by atoms with E-state index in [0.717, 1.165) is 5.56 Å². The van der Waals surface area contributed by atoms with Crippen LogP contribution >= 0.6 is 23.4 Å². The molecule has 6 heteroatoms. The maximum absolute atomic E-state index is 11.9. The summed E-state index contributed by atoms with van der Waals surface area (Å²) in [4.78, 5) is 16.8. The van der Waals surface area contributed by atoms with E-state index in [1.54, 1.807) is 30.3 Å². The molecule has 2 aromatic carbocycles. The number of hydrogen-bond acceptors (Lipinski definition) is 4. The summed E-state index contributed by atoms with van der Waals surface area (Å²) in [6.45, 7) is 0. The van der Waals surface area contributed by atoms with Crippen LogP contribution in [0.5, 0.6) is 5.75 Å². The maximum atomic E-state index is 11.9. The molecule has 0 atom stereocenters. The van der Waals surface area contributed by atoms with Crippen molar-refractivity contribution in [2.24, 2.45) is 4.99 Å². The highest BCUT2D eigenvalue weighted by Crippen LogP contribution is 2.28. The molecular weight excluding hydrogens is 320 g/mol. The van der Waals surface area contributed by atoms with E-state index in [4.69, 9.17) is 11.6 Å². The summed E-state index contributed by atoms with van der Waals surface area (Å²) in [5.41, 5.74) is 1.51. The van der Waals surface area contributed by atoms with Gasteiger partial charge in [-0.2, -0.15) is 0 Å². The molecule has 3 rings (SSSR count). The van der Waals surface area contributed by atoms with Crippen LogP contribution < -0.4 is 10.4 Å². The maximum Gasteiger partial charge on any atom is 0.264 e. The lowest BCUT2D eigenvalue weighted by atomic mass is 10.2. The third kappa shape index (κ3) is 3.50. The summed E-state index contributed by atoms with van der Waals surface area (Å²) in [5, 5.41) is 14.9. The number of aliphatic imine (C=N–C) groups is 1. The molecule has 1 fully saturated rings. The summed E-state index contributed by atoms with van der Waals surface area (Å²) >= 11 is 7.09. The van der Waals surface area contributed by atoms with Gasteiger partial charge >= 0.3 is 0 Å². The number of halogens is 1. The number of thioether (sulfide) groups is 1. The van der Waals surface area contributed by atoms with Gasteiger partial charge in [0.1, 0.15) is 0 Å². The number of nitrogens with zero attached hydrogens (tertiary/aromatic N) is 1. The van der Waals surface area contributed by atoms with Crippen molar-refractivity contribution < 1.29 is 9.90 Å². The zero-order valence-corrected chi connectivity index (χ0v) is 12.8. The molecule has 4 nitrogen and oxygen atoms in total. The summed E-state index contributed by atoms with van der Waals surface area (Å²) in [6, 6.07) is 13.3. The van der Waals surface area contributed by atoms with E-state index in [9.17, 15) is 9.90 Å². The summed E-state index contributed by atoms with van der Waals surface area (Å²) in [6.07, 6.45) is 1.78. The van der Waals surface area contributed by atoms with Gasteiger partial charge in [-0.15, -0.1) is 5.75 Å². The van der Waals surface area contributed by atoms with Gasteiger partial charge in [0.05, 0.1) is 10.6 Å². The molecule has 1 N–H and O–H groups in total. The monoisotopic (exact) mass is 329 g/mol. The van der Waals surface area contributed by atoms with Crippen molar-refractivity contribution in [1.82, 2.24) is 5.32 Å². The topological polar surface area (TPSA) is 64.5 Å². The molecule has 0 aromatic heterocycles. The van der Waals surface area contributed by atoms with E-state index < -0.39 is 0 Å². The molecule has 22 heavy (non-hydrogen) atoms. The Hall–Kier alpha value is -2.24. The van der Waals surface area contributed by atoms with Crippen LogP contribution in [-0.2, 0) is 4.79 Å². The van der Waals surface area contributed by atoms with Crippen molar-refractivity contribution in [2.75, 3.05) is 0 Å².